The largest absolute Gasteiger partial charge is 0.507 e. The van der Waals surface area contributed by atoms with Crippen LogP contribution in [0.25, 0.3) is 21.5 Å². The Bertz CT molecular complexity index is 793. The Morgan fingerprint density at radius 3 is 2.37 bits per heavy atom. The van der Waals surface area contributed by atoms with Gasteiger partial charge >= 0.3 is 0 Å². The van der Waals surface area contributed by atoms with Crippen molar-refractivity contribution in [3.8, 4) is 5.75 Å². The lowest BCUT2D eigenvalue weighted by atomic mass is 10.0. The van der Waals surface area contributed by atoms with E-state index in [4.69, 9.17) is 0 Å². The number of hydrogen-bond donors (Lipinski definition) is 2. The molecule has 0 radical (unpaired) electrons. The Morgan fingerprint density at radius 1 is 1.00 bits per heavy atom. The van der Waals surface area contributed by atoms with Crippen LogP contribution in [0, 0.1) is 0 Å². The first-order valence-electron chi connectivity index (χ1n) is 6.07. The van der Waals surface area contributed by atoms with E-state index in [0.717, 1.165) is 27.2 Å². The molecule has 2 N–H and O–H groups in total. The van der Waals surface area contributed by atoms with Crippen LogP contribution in [-0.2, 0) is 4.79 Å². The third kappa shape index (κ3) is 1.99. The highest BCUT2D eigenvalue weighted by molar-refractivity contribution is 6.08. The highest BCUT2D eigenvalue weighted by Gasteiger charge is 2.06. The van der Waals surface area contributed by atoms with Gasteiger partial charge in [0, 0.05) is 23.4 Å². The number of aromatic hydroxyl groups is 1. The van der Waals surface area contributed by atoms with Gasteiger partial charge in [-0.05, 0) is 35.0 Å². The zero-order valence-electron chi connectivity index (χ0n) is 10.5. The van der Waals surface area contributed by atoms with E-state index in [1.165, 1.54) is 6.92 Å². The van der Waals surface area contributed by atoms with Gasteiger partial charge in [-0.1, -0.05) is 24.3 Å². The number of carbonyl (C=O) groups is 1. The smallest absolute Gasteiger partial charge is 0.221 e. The second-order valence-electron chi connectivity index (χ2n) is 4.56. The van der Waals surface area contributed by atoms with Crippen molar-refractivity contribution in [3.63, 3.8) is 0 Å². The Kier molecular flexibility index (Phi) is 2.60. The van der Waals surface area contributed by atoms with E-state index < -0.39 is 0 Å². The third-order valence-electron chi connectivity index (χ3n) is 3.17. The predicted octanol–water partition coefficient (Wildman–Crippen LogP) is 3.66. The molecule has 19 heavy (non-hydrogen) atoms. The summed E-state index contributed by atoms with van der Waals surface area (Å²) in [7, 11) is 0. The Balaban J connectivity index is 2.35. The van der Waals surface area contributed by atoms with E-state index in [-0.39, 0.29) is 11.7 Å². The van der Waals surface area contributed by atoms with Gasteiger partial charge in [0.25, 0.3) is 0 Å². The normalized spacial score (nSPS) is 10.8. The van der Waals surface area contributed by atoms with E-state index >= 15 is 0 Å². The maximum atomic E-state index is 11.2. The molecule has 0 atom stereocenters. The number of phenolic OH excluding ortho intramolecular Hbond substituents is 1. The zero-order valence-corrected chi connectivity index (χ0v) is 10.5. The number of benzene rings is 3. The van der Waals surface area contributed by atoms with Crippen molar-refractivity contribution in [2.75, 3.05) is 5.32 Å². The molecule has 3 aromatic carbocycles. The van der Waals surface area contributed by atoms with Crippen molar-refractivity contribution in [1.29, 1.82) is 0 Å². The van der Waals surface area contributed by atoms with Crippen LogP contribution in [0.5, 0.6) is 5.75 Å². The molecular weight excluding hydrogens is 238 g/mol. The predicted molar refractivity (Wildman–Crippen MR) is 77.4 cm³/mol. The van der Waals surface area contributed by atoms with Gasteiger partial charge in [0.15, 0.2) is 0 Å². The summed E-state index contributed by atoms with van der Waals surface area (Å²) in [5.41, 5.74) is 0.787. The molecule has 0 fully saturated rings. The number of hydrogen-bond acceptors (Lipinski definition) is 2. The average molecular weight is 251 g/mol. The van der Waals surface area contributed by atoms with Gasteiger partial charge in [-0.15, -0.1) is 0 Å². The lowest BCUT2D eigenvalue weighted by molar-refractivity contribution is -0.114. The second-order valence-corrected chi connectivity index (χ2v) is 4.56. The minimum absolute atomic E-state index is 0.0940. The quantitative estimate of drug-likeness (QED) is 0.648. The van der Waals surface area contributed by atoms with Crippen LogP contribution < -0.4 is 5.32 Å². The fourth-order valence-electron chi connectivity index (χ4n) is 2.33. The van der Waals surface area contributed by atoms with E-state index in [1.807, 2.05) is 42.5 Å². The topological polar surface area (TPSA) is 49.3 Å². The summed E-state index contributed by atoms with van der Waals surface area (Å²) in [5.74, 6) is 0.174. The molecule has 0 spiro atoms. The molecule has 0 unspecified atom stereocenters. The van der Waals surface area contributed by atoms with Crippen LogP contribution in [0.15, 0.2) is 48.5 Å². The van der Waals surface area contributed by atoms with Gasteiger partial charge in [-0.3, -0.25) is 4.79 Å². The van der Waals surface area contributed by atoms with E-state index in [1.54, 1.807) is 6.07 Å². The minimum Gasteiger partial charge on any atom is -0.507 e. The molecule has 3 nitrogen and oxygen atoms in total. The van der Waals surface area contributed by atoms with Crippen LogP contribution in [0.4, 0.5) is 5.69 Å². The Labute approximate surface area is 110 Å². The third-order valence-corrected chi connectivity index (χ3v) is 3.17. The molecule has 94 valence electrons. The highest BCUT2D eigenvalue weighted by Crippen LogP contribution is 2.32. The van der Waals surface area contributed by atoms with Crippen molar-refractivity contribution in [2.45, 2.75) is 6.92 Å². The van der Waals surface area contributed by atoms with Crippen molar-refractivity contribution in [1.82, 2.24) is 0 Å². The number of fused-ring (bicyclic) bond motifs is 2. The monoisotopic (exact) mass is 251 g/mol. The number of carbonyl (C=O) groups excluding carboxylic acids is 1. The van der Waals surface area contributed by atoms with Gasteiger partial charge in [0.05, 0.1) is 0 Å². The molecule has 3 rings (SSSR count). The maximum absolute atomic E-state index is 11.2. The molecule has 0 heterocycles. The number of anilines is 1. The second kappa shape index (κ2) is 4.28. The SMILES string of the molecule is CC(=O)Nc1cccc2cc3c(O)cccc3cc12. The zero-order chi connectivity index (χ0) is 13.4. The molecule has 1 amide bonds. The molecule has 0 bridgehead atoms. The van der Waals surface area contributed by atoms with Gasteiger partial charge in [-0.2, -0.15) is 0 Å². The van der Waals surface area contributed by atoms with Gasteiger partial charge < -0.3 is 10.4 Å². The molecule has 0 saturated heterocycles. The van der Waals surface area contributed by atoms with E-state index in [2.05, 4.69) is 5.32 Å². The van der Waals surface area contributed by atoms with Crippen LogP contribution in [0.3, 0.4) is 0 Å². The number of rotatable bonds is 1. The molecule has 0 aliphatic rings. The van der Waals surface area contributed by atoms with Crippen LogP contribution in [-0.4, -0.2) is 11.0 Å². The van der Waals surface area contributed by atoms with Crippen molar-refractivity contribution >= 4 is 33.1 Å². The molecule has 0 aromatic heterocycles. The van der Waals surface area contributed by atoms with E-state index in [0.29, 0.717) is 0 Å². The Hall–Kier alpha value is -2.55. The molecular formula is C16H13NO2. The maximum Gasteiger partial charge on any atom is 0.221 e. The summed E-state index contributed by atoms with van der Waals surface area (Å²) in [6, 6.07) is 15.1. The molecule has 0 saturated carbocycles. The Morgan fingerprint density at radius 2 is 1.63 bits per heavy atom. The standard InChI is InChI=1S/C16H13NO2/c1-10(18)17-15-6-2-4-11-9-14-12(8-13(11)15)5-3-7-16(14)19/h2-9,19H,1H3,(H,17,18). The highest BCUT2D eigenvalue weighted by atomic mass is 16.3. The summed E-state index contributed by atoms with van der Waals surface area (Å²) in [6.45, 7) is 1.49. The first-order chi connectivity index (χ1) is 9.15. The molecule has 0 aliphatic carbocycles. The average Bonchev–Trinajstić information content (AvgIpc) is 2.37. The first-order valence-corrected chi connectivity index (χ1v) is 6.07. The summed E-state index contributed by atoms with van der Waals surface area (Å²) >= 11 is 0. The lowest BCUT2D eigenvalue weighted by Gasteiger charge is -2.09. The van der Waals surface area contributed by atoms with E-state index in [9.17, 15) is 9.90 Å². The summed E-state index contributed by atoms with van der Waals surface area (Å²) in [6.07, 6.45) is 0. The number of phenols is 1. The van der Waals surface area contributed by atoms with Crippen LogP contribution in [0.1, 0.15) is 6.92 Å². The molecule has 0 aliphatic heterocycles. The molecule has 3 heteroatoms. The summed E-state index contributed by atoms with van der Waals surface area (Å²) < 4.78 is 0. The van der Waals surface area contributed by atoms with Gasteiger partial charge in [0.2, 0.25) is 5.91 Å². The molecule has 3 aromatic rings. The number of nitrogens with one attached hydrogen (secondary N) is 1. The summed E-state index contributed by atoms with van der Waals surface area (Å²) in [4.78, 5) is 11.2. The number of amides is 1. The van der Waals surface area contributed by atoms with Crippen molar-refractivity contribution in [2.24, 2.45) is 0 Å². The van der Waals surface area contributed by atoms with Gasteiger partial charge in [0.1, 0.15) is 5.75 Å². The van der Waals surface area contributed by atoms with Crippen LogP contribution in [0.2, 0.25) is 0 Å². The summed E-state index contributed by atoms with van der Waals surface area (Å²) in [5, 5.41) is 16.4. The van der Waals surface area contributed by atoms with Gasteiger partial charge in [-0.25, -0.2) is 0 Å². The lowest BCUT2D eigenvalue weighted by Crippen LogP contribution is -2.05. The fraction of sp³-hybridized carbons (Fsp3) is 0.0625. The fourth-order valence-corrected chi connectivity index (χ4v) is 2.33. The first kappa shape index (κ1) is 11.5. The minimum atomic E-state index is -0.0940. The van der Waals surface area contributed by atoms with Crippen molar-refractivity contribution < 1.29 is 9.90 Å². The van der Waals surface area contributed by atoms with Crippen LogP contribution >= 0.6 is 0 Å². The van der Waals surface area contributed by atoms with Crippen molar-refractivity contribution in [3.05, 3.63) is 48.5 Å².